The highest BCUT2D eigenvalue weighted by atomic mass is 16.4. The summed E-state index contributed by atoms with van der Waals surface area (Å²) in [6.07, 6.45) is 2.31. The number of rotatable bonds is 4. The molecule has 6 nitrogen and oxygen atoms in total. The largest absolute Gasteiger partial charge is 0.456 e. The molecule has 0 saturated carbocycles. The van der Waals surface area contributed by atoms with Crippen LogP contribution in [0.25, 0.3) is 0 Å². The molecule has 0 bridgehead atoms. The van der Waals surface area contributed by atoms with E-state index in [-0.39, 0.29) is 12.5 Å². The monoisotopic (exact) mass is 260 g/mol. The maximum atomic E-state index is 12.0. The molecule has 0 aliphatic carbocycles. The van der Waals surface area contributed by atoms with E-state index in [1.54, 1.807) is 12.3 Å². The second-order valence-electron chi connectivity index (χ2n) is 4.16. The van der Waals surface area contributed by atoms with Gasteiger partial charge in [0.1, 0.15) is 17.4 Å². The number of nitrogens with zero attached hydrogens (tertiary/aromatic N) is 2. The summed E-state index contributed by atoms with van der Waals surface area (Å²) in [4.78, 5) is 20.0. The lowest BCUT2D eigenvalue weighted by Gasteiger charge is -2.03. The average molecular weight is 260 g/mol. The van der Waals surface area contributed by atoms with Crippen LogP contribution in [0, 0.1) is 6.92 Å². The summed E-state index contributed by atoms with van der Waals surface area (Å²) in [5.41, 5.74) is 6.36. The van der Waals surface area contributed by atoms with Crippen LogP contribution in [0.1, 0.15) is 34.6 Å². The van der Waals surface area contributed by atoms with E-state index in [0.717, 1.165) is 17.7 Å². The zero-order valence-electron chi connectivity index (χ0n) is 10.9. The van der Waals surface area contributed by atoms with Crippen molar-refractivity contribution >= 4 is 11.7 Å². The van der Waals surface area contributed by atoms with Crippen LogP contribution in [0.15, 0.2) is 22.7 Å². The van der Waals surface area contributed by atoms with Crippen LogP contribution in [0.3, 0.4) is 0 Å². The SMILES string of the molecule is CCc1cc(C)c(C(=O)NCc2nccc(N)n2)o1. The summed E-state index contributed by atoms with van der Waals surface area (Å²) >= 11 is 0. The Kier molecular flexibility index (Phi) is 3.79. The van der Waals surface area contributed by atoms with E-state index in [4.69, 9.17) is 10.2 Å². The molecule has 0 unspecified atom stereocenters. The van der Waals surface area contributed by atoms with Crippen LogP contribution in [0.2, 0.25) is 0 Å². The van der Waals surface area contributed by atoms with Gasteiger partial charge < -0.3 is 15.5 Å². The Morgan fingerprint density at radius 2 is 2.32 bits per heavy atom. The van der Waals surface area contributed by atoms with Crippen LogP contribution >= 0.6 is 0 Å². The van der Waals surface area contributed by atoms with Gasteiger partial charge in [-0.05, 0) is 19.1 Å². The number of aryl methyl sites for hydroxylation is 2. The van der Waals surface area contributed by atoms with Crippen LogP contribution in [-0.2, 0) is 13.0 Å². The molecule has 2 heterocycles. The topological polar surface area (TPSA) is 94.0 Å². The lowest BCUT2D eigenvalue weighted by Crippen LogP contribution is -2.24. The molecule has 0 radical (unpaired) electrons. The fourth-order valence-corrected chi connectivity index (χ4v) is 1.69. The average Bonchev–Trinajstić information content (AvgIpc) is 2.77. The number of carbonyl (C=O) groups is 1. The number of carbonyl (C=O) groups excluding carboxylic acids is 1. The molecule has 3 N–H and O–H groups in total. The van der Waals surface area contributed by atoms with E-state index in [1.165, 1.54) is 0 Å². The molecule has 6 heteroatoms. The highest BCUT2D eigenvalue weighted by molar-refractivity contribution is 5.92. The third kappa shape index (κ3) is 3.09. The summed E-state index contributed by atoms with van der Waals surface area (Å²) in [5, 5.41) is 2.71. The molecule has 0 aliphatic heterocycles. The molecule has 0 aliphatic rings. The van der Waals surface area contributed by atoms with E-state index in [1.807, 2.05) is 19.9 Å². The van der Waals surface area contributed by atoms with Gasteiger partial charge in [0.25, 0.3) is 5.91 Å². The van der Waals surface area contributed by atoms with Gasteiger partial charge in [-0.15, -0.1) is 0 Å². The zero-order valence-corrected chi connectivity index (χ0v) is 10.9. The van der Waals surface area contributed by atoms with Gasteiger partial charge in [0.15, 0.2) is 5.76 Å². The number of nitrogen functional groups attached to an aromatic ring is 1. The van der Waals surface area contributed by atoms with Crippen LogP contribution in [0.5, 0.6) is 0 Å². The van der Waals surface area contributed by atoms with Gasteiger partial charge in [0.05, 0.1) is 6.54 Å². The number of nitrogens with two attached hydrogens (primary N) is 1. The first-order valence-electron chi connectivity index (χ1n) is 6.05. The summed E-state index contributed by atoms with van der Waals surface area (Å²) in [5.74, 6) is 1.70. The smallest absolute Gasteiger partial charge is 0.287 e. The fraction of sp³-hybridized carbons (Fsp3) is 0.308. The van der Waals surface area contributed by atoms with Gasteiger partial charge >= 0.3 is 0 Å². The highest BCUT2D eigenvalue weighted by Gasteiger charge is 2.15. The number of anilines is 1. The number of furan rings is 1. The van der Waals surface area contributed by atoms with E-state index in [0.29, 0.717) is 17.4 Å². The van der Waals surface area contributed by atoms with Crippen molar-refractivity contribution in [2.75, 3.05) is 5.73 Å². The van der Waals surface area contributed by atoms with Crippen LogP contribution in [-0.4, -0.2) is 15.9 Å². The maximum Gasteiger partial charge on any atom is 0.287 e. The van der Waals surface area contributed by atoms with Crippen molar-refractivity contribution in [2.24, 2.45) is 0 Å². The predicted octanol–water partition coefficient (Wildman–Crippen LogP) is 1.45. The van der Waals surface area contributed by atoms with Crippen molar-refractivity contribution < 1.29 is 9.21 Å². The quantitative estimate of drug-likeness (QED) is 0.867. The third-order valence-corrected chi connectivity index (χ3v) is 2.66. The Morgan fingerprint density at radius 1 is 1.53 bits per heavy atom. The minimum atomic E-state index is -0.275. The van der Waals surface area contributed by atoms with Crippen molar-refractivity contribution in [3.05, 3.63) is 41.2 Å². The second kappa shape index (κ2) is 5.51. The molecule has 0 atom stereocenters. The second-order valence-corrected chi connectivity index (χ2v) is 4.16. The van der Waals surface area contributed by atoms with Gasteiger partial charge in [-0.25, -0.2) is 9.97 Å². The molecule has 1 amide bonds. The Hall–Kier alpha value is -2.37. The summed E-state index contributed by atoms with van der Waals surface area (Å²) < 4.78 is 5.46. The lowest BCUT2D eigenvalue weighted by molar-refractivity contribution is 0.0919. The van der Waals surface area contributed by atoms with E-state index in [9.17, 15) is 4.79 Å². The Balaban J connectivity index is 2.03. The number of aromatic nitrogens is 2. The molecular formula is C13H16N4O2. The molecular weight excluding hydrogens is 244 g/mol. The molecule has 0 spiro atoms. The van der Waals surface area contributed by atoms with Crippen molar-refractivity contribution in [2.45, 2.75) is 26.8 Å². The standard InChI is InChI=1S/C13H16N4O2/c1-3-9-6-8(2)12(19-9)13(18)16-7-11-15-5-4-10(14)17-11/h4-6H,3,7H2,1-2H3,(H,16,18)(H2,14,15,17). The summed E-state index contributed by atoms with van der Waals surface area (Å²) in [6.45, 7) is 4.03. The number of hydrogen-bond donors (Lipinski definition) is 2. The predicted molar refractivity (Wildman–Crippen MR) is 70.4 cm³/mol. The summed E-state index contributed by atoms with van der Waals surface area (Å²) in [6, 6.07) is 3.46. The van der Waals surface area contributed by atoms with E-state index >= 15 is 0 Å². The number of hydrogen-bond acceptors (Lipinski definition) is 5. The number of nitrogens with one attached hydrogen (secondary N) is 1. The minimum Gasteiger partial charge on any atom is -0.456 e. The lowest BCUT2D eigenvalue weighted by atomic mass is 10.2. The van der Waals surface area contributed by atoms with Gasteiger partial charge in [0.2, 0.25) is 0 Å². The van der Waals surface area contributed by atoms with Gasteiger partial charge in [0, 0.05) is 18.2 Å². The molecule has 0 fully saturated rings. The van der Waals surface area contributed by atoms with Crippen molar-refractivity contribution in [3.63, 3.8) is 0 Å². The first-order chi connectivity index (χ1) is 9.10. The Morgan fingerprint density at radius 3 is 2.95 bits per heavy atom. The minimum absolute atomic E-state index is 0.214. The van der Waals surface area contributed by atoms with Crippen molar-refractivity contribution in [1.82, 2.24) is 15.3 Å². The van der Waals surface area contributed by atoms with Crippen molar-refractivity contribution in [3.8, 4) is 0 Å². The Bertz CT molecular complexity index is 592. The van der Waals surface area contributed by atoms with Crippen molar-refractivity contribution in [1.29, 1.82) is 0 Å². The Labute approximate surface area is 111 Å². The van der Waals surface area contributed by atoms with E-state index in [2.05, 4.69) is 15.3 Å². The van der Waals surface area contributed by atoms with E-state index < -0.39 is 0 Å². The van der Waals surface area contributed by atoms with Gasteiger partial charge in [-0.3, -0.25) is 4.79 Å². The zero-order chi connectivity index (χ0) is 13.8. The fourth-order valence-electron chi connectivity index (χ4n) is 1.69. The van der Waals surface area contributed by atoms with Gasteiger partial charge in [-0.2, -0.15) is 0 Å². The summed E-state index contributed by atoms with van der Waals surface area (Å²) in [7, 11) is 0. The first-order valence-corrected chi connectivity index (χ1v) is 6.05. The third-order valence-electron chi connectivity index (χ3n) is 2.66. The normalized spacial score (nSPS) is 10.4. The molecule has 19 heavy (non-hydrogen) atoms. The molecule has 2 aromatic heterocycles. The first kappa shape index (κ1) is 13.1. The van der Waals surface area contributed by atoms with Gasteiger partial charge in [-0.1, -0.05) is 6.92 Å². The molecule has 0 aromatic carbocycles. The molecule has 2 rings (SSSR count). The molecule has 2 aromatic rings. The number of amides is 1. The molecule has 100 valence electrons. The maximum absolute atomic E-state index is 12.0. The highest BCUT2D eigenvalue weighted by Crippen LogP contribution is 2.15. The molecule has 0 saturated heterocycles. The van der Waals surface area contributed by atoms with Crippen LogP contribution < -0.4 is 11.1 Å². The van der Waals surface area contributed by atoms with Crippen LogP contribution in [0.4, 0.5) is 5.82 Å².